The topological polar surface area (TPSA) is 76.1 Å². The van der Waals surface area contributed by atoms with Gasteiger partial charge in [0.25, 0.3) is 10.0 Å². The monoisotopic (exact) mass is 276 g/mol. The molecule has 96 valence electrons. The zero-order valence-electron chi connectivity index (χ0n) is 10.3. The van der Waals surface area contributed by atoms with Crippen LogP contribution in [0.5, 0.6) is 0 Å². The zero-order valence-corrected chi connectivity index (χ0v) is 11.9. The lowest BCUT2D eigenvalue weighted by Gasteiger charge is -2.16. The first-order valence-corrected chi connectivity index (χ1v) is 7.54. The Morgan fingerprint density at radius 2 is 2.06 bits per heavy atom. The van der Waals surface area contributed by atoms with Crippen LogP contribution in [0.1, 0.15) is 33.4 Å². The fraction of sp³-hybridized carbons (Fsp3) is 0.600. The largest absolute Gasteiger partial charge is 0.291 e. The minimum atomic E-state index is -3.82. The van der Waals surface area contributed by atoms with Crippen molar-refractivity contribution in [2.45, 2.75) is 38.5 Å². The minimum Gasteiger partial charge on any atom is -0.273 e. The molecule has 5 nitrogen and oxygen atoms in total. The molecule has 1 heterocycles. The number of rotatable bonds is 3. The summed E-state index contributed by atoms with van der Waals surface area (Å²) in [5, 5.41) is 1.68. The molecule has 0 radical (unpaired) electrons. The first-order valence-electron chi connectivity index (χ1n) is 5.18. The lowest BCUT2D eigenvalue weighted by Crippen LogP contribution is -2.38. The lowest BCUT2D eigenvalue weighted by atomic mass is 9.96. The van der Waals surface area contributed by atoms with Gasteiger partial charge < -0.3 is 0 Å². The second-order valence-electron chi connectivity index (χ2n) is 4.64. The van der Waals surface area contributed by atoms with E-state index in [1.807, 2.05) is 11.6 Å². The Hall–Kier alpha value is -0.950. The fourth-order valence-electron chi connectivity index (χ4n) is 0.893. The summed E-state index contributed by atoms with van der Waals surface area (Å²) in [6.45, 7) is 6.84. The summed E-state index contributed by atoms with van der Waals surface area (Å²) in [7, 11) is -3.82. The minimum absolute atomic E-state index is 0.0630. The van der Waals surface area contributed by atoms with Crippen LogP contribution in [0.3, 0.4) is 0 Å². The first-order chi connectivity index (χ1) is 7.66. The van der Waals surface area contributed by atoms with Gasteiger partial charge in [-0.15, -0.1) is 11.3 Å². The summed E-state index contributed by atoms with van der Waals surface area (Å²) >= 11 is 1.02. The van der Waals surface area contributed by atoms with Crippen molar-refractivity contribution >= 4 is 27.3 Å². The highest BCUT2D eigenvalue weighted by Gasteiger charge is 2.28. The van der Waals surface area contributed by atoms with Gasteiger partial charge in [0.2, 0.25) is 10.2 Å². The Morgan fingerprint density at radius 3 is 2.47 bits per heavy atom. The van der Waals surface area contributed by atoms with E-state index in [4.69, 9.17) is 0 Å². The molecule has 7 heteroatoms. The predicted octanol–water partition coefficient (Wildman–Crippen LogP) is 1.56. The molecule has 1 aromatic heterocycles. The quantitative estimate of drug-likeness (QED) is 0.909. The molecule has 0 unspecified atom stereocenters. The number of hydrogen-bond acceptors (Lipinski definition) is 5. The van der Waals surface area contributed by atoms with Gasteiger partial charge in [-0.3, -0.25) is 4.79 Å². The summed E-state index contributed by atoms with van der Waals surface area (Å²) in [6.07, 6.45) is 0.666. The van der Waals surface area contributed by atoms with Crippen molar-refractivity contribution in [1.29, 1.82) is 0 Å². The number of carbonyl (C=O) groups is 1. The van der Waals surface area contributed by atoms with Crippen LogP contribution >= 0.6 is 11.3 Å². The Labute approximate surface area is 105 Å². The van der Waals surface area contributed by atoms with Crippen LogP contribution < -0.4 is 4.72 Å². The number of nitrogens with one attached hydrogen (secondary N) is 1. The van der Waals surface area contributed by atoms with E-state index in [2.05, 4.69) is 4.98 Å². The molecule has 0 aliphatic rings. The van der Waals surface area contributed by atoms with Crippen molar-refractivity contribution < 1.29 is 13.2 Å². The SMILES string of the molecule is CCc1csc(S(=O)(=O)NC(=O)C(C)(C)C)n1. The standard InChI is InChI=1S/C10H16N2O3S2/c1-5-7-6-16-9(11-7)17(14,15)12-8(13)10(2,3)4/h6H,5H2,1-4H3,(H,12,13). The van der Waals surface area contributed by atoms with E-state index in [0.29, 0.717) is 12.1 Å². The summed E-state index contributed by atoms with van der Waals surface area (Å²) in [5.74, 6) is -0.536. The average molecular weight is 276 g/mol. The number of hydrogen-bond donors (Lipinski definition) is 1. The van der Waals surface area contributed by atoms with Gasteiger partial charge in [0, 0.05) is 10.8 Å². The van der Waals surface area contributed by atoms with Crippen molar-refractivity contribution in [2.75, 3.05) is 0 Å². The zero-order chi connectivity index (χ0) is 13.3. The lowest BCUT2D eigenvalue weighted by molar-refractivity contribution is -0.126. The molecule has 1 amide bonds. The van der Waals surface area contributed by atoms with Crippen LogP contribution in [0.15, 0.2) is 9.72 Å². The van der Waals surface area contributed by atoms with Gasteiger partial charge in [-0.25, -0.2) is 9.71 Å². The molecule has 0 saturated carbocycles. The molecule has 0 atom stereocenters. The van der Waals surface area contributed by atoms with Gasteiger partial charge in [0.1, 0.15) is 0 Å². The van der Waals surface area contributed by atoms with E-state index < -0.39 is 21.3 Å². The molecule has 0 aliphatic carbocycles. The highest BCUT2D eigenvalue weighted by molar-refractivity contribution is 7.92. The summed E-state index contributed by atoms with van der Waals surface area (Å²) in [4.78, 5) is 15.6. The van der Waals surface area contributed by atoms with Gasteiger partial charge in [-0.05, 0) is 6.42 Å². The molecule has 17 heavy (non-hydrogen) atoms. The number of nitrogens with zero attached hydrogens (tertiary/aromatic N) is 1. The molecule has 1 N–H and O–H groups in total. The van der Waals surface area contributed by atoms with Crippen molar-refractivity contribution in [3.8, 4) is 0 Å². The van der Waals surface area contributed by atoms with Gasteiger partial charge >= 0.3 is 0 Å². The number of sulfonamides is 1. The predicted molar refractivity (Wildman–Crippen MR) is 66.3 cm³/mol. The Balaban J connectivity index is 2.93. The van der Waals surface area contributed by atoms with E-state index in [9.17, 15) is 13.2 Å². The van der Waals surface area contributed by atoms with E-state index in [-0.39, 0.29) is 4.34 Å². The van der Waals surface area contributed by atoms with Crippen molar-refractivity contribution in [3.05, 3.63) is 11.1 Å². The maximum Gasteiger partial charge on any atom is 0.291 e. The molecule has 0 spiro atoms. The fourth-order valence-corrected chi connectivity index (χ4v) is 3.17. The van der Waals surface area contributed by atoms with E-state index in [0.717, 1.165) is 11.3 Å². The van der Waals surface area contributed by atoms with Gasteiger partial charge in [-0.1, -0.05) is 27.7 Å². The smallest absolute Gasteiger partial charge is 0.273 e. The first kappa shape index (κ1) is 14.1. The maximum atomic E-state index is 11.8. The molecule has 0 saturated heterocycles. The van der Waals surface area contributed by atoms with Crippen molar-refractivity contribution in [3.63, 3.8) is 0 Å². The van der Waals surface area contributed by atoms with Crippen LogP contribution in [-0.2, 0) is 21.2 Å². The van der Waals surface area contributed by atoms with E-state index in [1.54, 1.807) is 26.2 Å². The number of amides is 1. The molecular weight excluding hydrogens is 260 g/mol. The van der Waals surface area contributed by atoms with Crippen LogP contribution in [-0.4, -0.2) is 19.3 Å². The summed E-state index contributed by atoms with van der Waals surface area (Å²) in [6, 6.07) is 0. The summed E-state index contributed by atoms with van der Waals surface area (Å²) < 4.78 is 25.6. The normalized spacial score (nSPS) is 12.5. The Kier molecular flexibility index (Phi) is 3.93. The number of aromatic nitrogens is 1. The number of aryl methyl sites for hydroxylation is 1. The molecule has 1 rings (SSSR count). The molecule has 0 fully saturated rings. The molecule has 0 aliphatic heterocycles. The number of carbonyl (C=O) groups excluding carboxylic acids is 1. The van der Waals surface area contributed by atoms with Gasteiger partial charge in [-0.2, -0.15) is 8.42 Å². The average Bonchev–Trinajstić information content (AvgIpc) is 2.64. The molecule has 1 aromatic rings. The van der Waals surface area contributed by atoms with Crippen LogP contribution in [0.2, 0.25) is 0 Å². The van der Waals surface area contributed by atoms with Crippen molar-refractivity contribution in [1.82, 2.24) is 9.71 Å². The second kappa shape index (κ2) is 4.73. The van der Waals surface area contributed by atoms with Crippen molar-refractivity contribution in [2.24, 2.45) is 5.41 Å². The van der Waals surface area contributed by atoms with Gasteiger partial charge in [0.05, 0.1) is 5.69 Å². The highest BCUT2D eigenvalue weighted by Crippen LogP contribution is 2.18. The summed E-state index contributed by atoms with van der Waals surface area (Å²) in [5.41, 5.74) is -0.0450. The van der Waals surface area contributed by atoms with E-state index >= 15 is 0 Å². The maximum absolute atomic E-state index is 11.8. The van der Waals surface area contributed by atoms with Gasteiger partial charge in [0.15, 0.2) is 0 Å². The Morgan fingerprint density at radius 1 is 1.47 bits per heavy atom. The second-order valence-corrected chi connectivity index (χ2v) is 7.36. The third kappa shape index (κ3) is 3.50. The highest BCUT2D eigenvalue weighted by atomic mass is 32.2. The molecule has 0 aromatic carbocycles. The molecular formula is C10H16N2O3S2. The number of thiazole rings is 1. The molecule has 0 bridgehead atoms. The van der Waals surface area contributed by atoms with Crippen LogP contribution in [0.4, 0.5) is 0 Å². The van der Waals surface area contributed by atoms with Crippen LogP contribution in [0.25, 0.3) is 0 Å². The van der Waals surface area contributed by atoms with Crippen LogP contribution in [0, 0.1) is 5.41 Å². The van der Waals surface area contributed by atoms with E-state index in [1.165, 1.54) is 0 Å². The third-order valence-corrected chi connectivity index (χ3v) is 4.67. The third-order valence-electron chi connectivity index (χ3n) is 2.03. The Bertz CT molecular complexity index is 512.